The second-order valence-electron chi connectivity index (χ2n) is 7.09. The summed E-state index contributed by atoms with van der Waals surface area (Å²) in [7, 11) is 0.395. The van der Waals surface area contributed by atoms with Gasteiger partial charge in [-0.3, -0.25) is 14.5 Å². The maximum absolute atomic E-state index is 12.6. The Hall–Kier alpha value is -1.90. The maximum Gasteiger partial charge on any atom is 0.487 e. The molecule has 4 atom stereocenters. The number of hydrogen-bond acceptors (Lipinski definition) is 6. The number of carbonyl (C=O) groups excluding carboxylic acids is 2. The van der Waals surface area contributed by atoms with Crippen LogP contribution in [0.4, 0.5) is 0 Å². The summed E-state index contributed by atoms with van der Waals surface area (Å²) in [6.07, 6.45) is 0.409. The molecule has 2 saturated heterocycles. The summed E-state index contributed by atoms with van der Waals surface area (Å²) in [6.45, 7) is 1.67. The van der Waals surface area contributed by atoms with E-state index in [2.05, 4.69) is 0 Å². The van der Waals surface area contributed by atoms with Gasteiger partial charge in [-0.1, -0.05) is 5.57 Å². The van der Waals surface area contributed by atoms with Gasteiger partial charge in [-0.05, 0) is 43.3 Å². The minimum absolute atomic E-state index is 0.147. The standard InChI is InChI=1S/C17H20BNO6/c1-8-5-11-14(17(22)19(2)16(11)21)10-6-13(25-18(23)15(8)10)12-4-3-9(7-20)24-12/h3-4,10-11,13-14,20,23H,5-7H2,1-2H3/t10-,11-,13-,14+/m0/s1. The molecule has 4 rings (SSSR count). The van der Waals surface area contributed by atoms with E-state index in [1.54, 1.807) is 12.1 Å². The van der Waals surface area contributed by atoms with E-state index in [4.69, 9.17) is 14.2 Å². The maximum atomic E-state index is 12.6. The normalized spacial score (nSPS) is 32.3. The van der Waals surface area contributed by atoms with Crippen LogP contribution in [0.2, 0.25) is 0 Å². The van der Waals surface area contributed by atoms with Crippen LogP contribution in [0.25, 0.3) is 0 Å². The topological polar surface area (TPSA) is 100 Å². The van der Waals surface area contributed by atoms with Gasteiger partial charge in [0.15, 0.2) is 0 Å². The Balaban J connectivity index is 1.70. The Morgan fingerprint density at radius 3 is 2.72 bits per heavy atom. The molecular formula is C17H20BNO6. The third-order valence-electron chi connectivity index (χ3n) is 5.73. The van der Waals surface area contributed by atoms with Gasteiger partial charge in [0, 0.05) is 7.05 Å². The Morgan fingerprint density at radius 2 is 2.04 bits per heavy atom. The van der Waals surface area contributed by atoms with E-state index in [9.17, 15) is 14.6 Å². The van der Waals surface area contributed by atoms with E-state index in [0.29, 0.717) is 24.4 Å². The molecule has 3 heterocycles. The first-order valence-electron chi connectivity index (χ1n) is 8.46. The predicted molar refractivity (Wildman–Crippen MR) is 86.6 cm³/mol. The van der Waals surface area contributed by atoms with E-state index in [1.165, 1.54) is 11.9 Å². The van der Waals surface area contributed by atoms with E-state index in [1.807, 2.05) is 6.92 Å². The molecule has 1 aromatic heterocycles. The number of imide groups is 1. The van der Waals surface area contributed by atoms with Crippen molar-refractivity contribution in [2.45, 2.75) is 32.5 Å². The van der Waals surface area contributed by atoms with Crippen molar-refractivity contribution in [3.63, 3.8) is 0 Å². The molecule has 0 spiro atoms. The zero-order chi connectivity index (χ0) is 17.9. The Morgan fingerprint density at radius 1 is 1.28 bits per heavy atom. The van der Waals surface area contributed by atoms with Crippen LogP contribution in [0.15, 0.2) is 27.6 Å². The first-order chi connectivity index (χ1) is 11.9. The van der Waals surface area contributed by atoms with Crippen LogP contribution >= 0.6 is 0 Å². The van der Waals surface area contributed by atoms with Crippen molar-refractivity contribution in [1.29, 1.82) is 0 Å². The lowest BCUT2D eigenvalue weighted by Crippen LogP contribution is -2.44. The number of furan rings is 1. The molecule has 0 radical (unpaired) electrons. The number of allylic oxidation sites excluding steroid dienone is 2. The van der Waals surface area contributed by atoms with Gasteiger partial charge in [-0.25, -0.2) is 0 Å². The van der Waals surface area contributed by atoms with Crippen molar-refractivity contribution >= 4 is 18.9 Å². The van der Waals surface area contributed by atoms with Gasteiger partial charge in [0.1, 0.15) is 24.2 Å². The van der Waals surface area contributed by atoms with Gasteiger partial charge in [0.05, 0.1) is 11.8 Å². The molecule has 7 nitrogen and oxygen atoms in total. The van der Waals surface area contributed by atoms with Crippen LogP contribution in [0, 0.1) is 17.8 Å². The molecule has 132 valence electrons. The number of aliphatic hydroxyl groups is 1. The number of rotatable bonds is 2. The summed E-state index contributed by atoms with van der Waals surface area (Å²) in [5, 5.41) is 19.7. The van der Waals surface area contributed by atoms with E-state index >= 15 is 0 Å². The average Bonchev–Trinajstić information content (AvgIpc) is 3.15. The summed E-state index contributed by atoms with van der Waals surface area (Å²) in [6, 6.07) is 3.36. The molecule has 8 heteroatoms. The Bertz CT molecular complexity index is 771. The molecular weight excluding hydrogens is 325 g/mol. The van der Waals surface area contributed by atoms with Gasteiger partial charge in [0.2, 0.25) is 11.8 Å². The molecule has 25 heavy (non-hydrogen) atoms. The van der Waals surface area contributed by atoms with Crippen LogP contribution in [0.3, 0.4) is 0 Å². The molecule has 1 aromatic rings. The largest absolute Gasteiger partial charge is 0.487 e. The number of nitrogens with zero attached hydrogens (tertiary/aromatic N) is 1. The predicted octanol–water partition coefficient (Wildman–Crippen LogP) is 0.820. The van der Waals surface area contributed by atoms with Gasteiger partial charge >= 0.3 is 7.12 Å². The summed E-state index contributed by atoms with van der Waals surface area (Å²) in [5.74, 6) is -0.478. The molecule has 2 aliphatic heterocycles. The van der Waals surface area contributed by atoms with Crippen molar-refractivity contribution in [1.82, 2.24) is 4.90 Å². The molecule has 1 aliphatic carbocycles. The fourth-order valence-electron chi connectivity index (χ4n) is 4.55. The van der Waals surface area contributed by atoms with Crippen molar-refractivity contribution < 1.29 is 28.8 Å². The van der Waals surface area contributed by atoms with Crippen LogP contribution in [0.1, 0.15) is 37.4 Å². The van der Waals surface area contributed by atoms with Gasteiger partial charge in [-0.2, -0.15) is 0 Å². The number of amides is 2. The molecule has 2 fully saturated rings. The van der Waals surface area contributed by atoms with Crippen molar-refractivity contribution in [3.8, 4) is 0 Å². The quantitative estimate of drug-likeness (QED) is 0.608. The van der Waals surface area contributed by atoms with E-state index in [-0.39, 0.29) is 30.3 Å². The summed E-state index contributed by atoms with van der Waals surface area (Å²) in [5.41, 5.74) is 1.65. The number of likely N-dealkylation sites (tertiary alicyclic amines) is 1. The molecule has 0 unspecified atom stereocenters. The molecule has 2 N–H and O–H groups in total. The van der Waals surface area contributed by atoms with Crippen LogP contribution < -0.4 is 0 Å². The monoisotopic (exact) mass is 345 g/mol. The average molecular weight is 345 g/mol. The SMILES string of the molecule is CC1=C2B(O)O[C@H](c3ccc(CO)o3)C[C@H]2[C@H]2C(=O)N(C)C(=O)[C@H]2C1. The Labute approximate surface area is 145 Å². The van der Waals surface area contributed by atoms with Crippen LogP contribution in [-0.4, -0.2) is 41.0 Å². The van der Waals surface area contributed by atoms with Gasteiger partial charge in [0.25, 0.3) is 0 Å². The van der Waals surface area contributed by atoms with Crippen LogP contribution in [0.5, 0.6) is 0 Å². The zero-order valence-electron chi connectivity index (χ0n) is 14.1. The van der Waals surface area contributed by atoms with E-state index < -0.39 is 19.1 Å². The van der Waals surface area contributed by atoms with E-state index in [0.717, 1.165) is 11.0 Å². The third-order valence-corrected chi connectivity index (χ3v) is 5.73. The highest BCUT2D eigenvalue weighted by Crippen LogP contribution is 2.51. The lowest BCUT2D eigenvalue weighted by molar-refractivity contribution is -0.138. The molecule has 0 bridgehead atoms. The fourth-order valence-corrected chi connectivity index (χ4v) is 4.55. The van der Waals surface area contributed by atoms with Crippen molar-refractivity contribution in [2.75, 3.05) is 7.05 Å². The number of fused-ring (bicyclic) bond motifs is 3. The number of hydrogen-bond donors (Lipinski definition) is 2. The first kappa shape index (κ1) is 16.6. The fraction of sp³-hybridized carbons (Fsp3) is 0.529. The lowest BCUT2D eigenvalue weighted by Gasteiger charge is -2.40. The highest BCUT2D eigenvalue weighted by molar-refractivity contribution is 6.53. The molecule has 3 aliphatic rings. The van der Waals surface area contributed by atoms with Crippen LogP contribution in [-0.2, 0) is 20.9 Å². The molecule has 2 amide bonds. The summed E-state index contributed by atoms with van der Waals surface area (Å²) >= 11 is 0. The molecule has 0 saturated carbocycles. The first-order valence-corrected chi connectivity index (χ1v) is 8.46. The Kier molecular flexibility index (Phi) is 3.86. The highest BCUT2D eigenvalue weighted by Gasteiger charge is 2.56. The second-order valence-corrected chi connectivity index (χ2v) is 7.09. The lowest BCUT2D eigenvalue weighted by atomic mass is 9.55. The molecule has 0 aromatic carbocycles. The zero-order valence-corrected chi connectivity index (χ0v) is 14.1. The van der Waals surface area contributed by atoms with Gasteiger partial charge < -0.3 is 19.2 Å². The number of carbonyl (C=O) groups is 2. The summed E-state index contributed by atoms with van der Waals surface area (Å²) in [4.78, 5) is 26.2. The van der Waals surface area contributed by atoms with Crippen molar-refractivity contribution in [2.24, 2.45) is 17.8 Å². The smallest absolute Gasteiger partial charge is 0.461 e. The van der Waals surface area contributed by atoms with Gasteiger partial charge in [-0.15, -0.1) is 0 Å². The highest BCUT2D eigenvalue weighted by atomic mass is 16.5. The number of aliphatic hydroxyl groups excluding tert-OH is 1. The minimum Gasteiger partial charge on any atom is -0.461 e. The summed E-state index contributed by atoms with van der Waals surface area (Å²) < 4.78 is 11.3. The third kappa shape index (κ3) is 2.39. The van der Waals surface area contributed by atoms with Crippen molar-refractivity contribution in [3.05, 3.63) is 34.7 Å². The second kappa shape index (κ2) is 5.83. The minimum atomic E-state index is -1.12.